The van der Waals surface area contributed by atoms with Crippen molar-refractivity contribution >= 4 is 12.0 Å². The van der Waals surface area contributed by atoms with E-state index in [1.54, 1.807) is 12.4 Å². The van der Waals surface area contributed by atoms with E-state index in [4.69, 9.17) is 15.0 Å². The summed E-state index contributed by atoms with van der Waals surface area (Å²) in [4.78, 5) is 29.6. The Hall–Kier alpha value is -3.54. The van der Waals surface area contributed by atoms with Gasteiger partial charge in [0.25, 0.3) is 5.56 Å². The number of nitrogens with zero attached hydrogens (tertiary/aromatic N) is 7. The molecule has 2 aliphatic rings. The Morgan fingerprint density at radius 2 is 1.94 bits per heavy atom. The van der Waals surface area contributed by atoms with E-state index < -0.39 is 5.82 Å². The average molecular weight is 499 g/mol. The van der Waals surface area contributed by atoms with E-state index in [0.29, 0.717) is 36.7 Å². The van der Waals surface area contributed by atoms with Crippen LogP contribution in [0.3, 0.4) is 0 Å². The summed E-state index contributed by atoms with van der Waals surface area (Å²) >= 11 is 0. The number of ether oxygens (including phenoxy) is 1. The summed E-state index contributed by atoms with van der Waals surface area (Å²) in [6, 6.07) is 2.24. The summed E-state index contributed by atoms with van der Waals surface area (Å²) in [5, 5.41) is 3.98. The lowest BCUT2D eigenvalue weighted by atomic mass is 9.92. The van der Waals surface area contributed by atoms with E-state index in [1.165, 1.54) is 16.8 Å². The van der Waals surface area contributed by atoms with Crippen LogP contribution in [0.15, 0.2) is 40.0 Å². The average Bonchev–Trinajstić information content (AvgIpc) is 3.53. The number of piperidine rings is 1. The van der Waals surface area contributed by atoms with Gasteiger partial charge in [0.05, 0.1) is 24.5 Å². The molecule has 3 atom stereocenters. The second kappa shape index (κ2) is 10.2. The zero-order chi connectivity index (χ0) is 25.2. The van der Waals surface area contributed by atoms with Gasteiger partial charge in [-0.2, -0.15) is 4.98 Å². The van der Waals surface area contributed by atoms with Crippen LogP contribution in [0.25, 0.3) is 0 Å². The van der Waals surface area contributed by atoms with Crippen molar-refractivity contribution in [3.05, 3.63) is 52.7 Å². The minimum atomic E-state index is -0.474. The predicted octanol–water partition coefficient (Wildman–Crippen LogP) is 1.80. The molecule has 0 aliphatic carbocycles. The number of nitrogens with two attached hydrogens (primary N) is 1. The third-order valence-electron chi connectivity index (χ3n) is 7.06. The SMILES string of the molecule is CCc1noc(N2CCC(C(C)Oc3cnc(N4CC(N)C(n5cc(F)ccc5=O)C4)nc3)CC2)n1. The number of rotatable bonds is 7. The fourth-order valence-corrected chi connectivity index (χ4v) is 4.93. The highest BCUT2D eigenvalue weighted by atomic mass is 19.1. The molecule has 0 spiro atoms. The van der Waals surface area contributed by atoms with Gasteiger partial charge in [0.1, 0.15) is 5.82 Å². The van der Waals surface area contributed by atoms with Crippen molar-refractivity contribution in [1.29, 1.82) is 0 Å². The number of hydrogen-bond acceptors (Lipinski definition) is 10. The van der Waals surface area contributed by atoms with Gasteiger partial charge in [-0.1, -0.05) is 12.1 Å². The Morgan fingerprint density at radius 1 is 1.19 bits per heavy atom. The normalized spacial score (nSPS) is 21.7. The molecule has 2 fully saturated rings. The van der Waals surface area contributed by atoms with E-state index in [2.05, 4.69) is 31.9 Å². The minimum Gasteiger partial charge on any atom is -0.487 e. The third-order valence-corrected chi connectivity index (χ3v) is 7.06. The zero-order valence-corrected chi connectivity index (χ0v) is 20.5. The number of halogens is 1. The molecule has 0 saturated carbocycles. The molecule has 0 amide bonds. The van der Waals surface area contributed by atoms with Gasteiger partial charge in [-0.15, -0.1) is 0 Å². The second-order valence-electron chi connectivity index (χ2n) is 9.44. The van der Waals surface area contributed by atoms with Gasteiger partial charge in [0, 0.05) is 50.9 Å². The maximum Gasteiger partial charge on any atom is 0.324 e. The van der Waals surface area contributed by atoms with Crippen LogP contribution in [0, 0.1) is 11.7 Å². The number of anilines is 2. The predicted molar refractivity (Wildman–Crippen MR) is 131 cm³/mol. The van der Waals surface area contributed by atoms with Gasteiger partial charge in [-0.25, -0.2) is 14.4 Å². The number of hydrogen-bond donors (Lipinski definition) is 1. The third kappa shape index (κ3) is 5.03. The molecule has 3 aromatic heterocycles. The largest absolute Gasteiger partial charge is 0.487 e. The maximum atomic E-state index is 13.7. The first-order valence-electron chi connectivity index (χ1n) is 12.4. The van der Waals surface area contributed by atoms with Crippen LogP contribution in [0.5, 0.6) is 5.75 Å². The van der Waals surface area contributed by atoms with Crippen LogP contribution >= 0.6 is 0 Å². The number of aromatic nitrogens is 5. The fourth-order valence-electron chi connectivity index (χ4n) is 4.93. The van der Waals surface area contributed by atoms with Gasteiger partial charge in [0.15, 0.2) is 11.6 Å². The Bertz CT molecular complexity index is 1220. The van der Waals surface area contributed by atoms with E-state index in [9.17, 15) is 9.18 Å². The molecule has 5 heterocycles. The summed E-state index contributed by atoms with van der Waals surface area (Å²) in [5.41, 5.74) is 5.98. The Labute approximate surface area is 208 Å². The minimum absolute atomic E-state index is 0.0000652. The van der Waals surface area contributed by atoms with Crippen molar-refractivity contribution in [3.63, 3.8) is 0 Å². The lowest BCUT2D eigenvalue weighted by Gasteiger charge is -2.33. The molecule has 12 heteroatoms. The number of pyridine rings is 1. The van der Waals surface area contributed by atoms with Crippen LogP contribution in [-0.4, -0.2) is 63.0 Å². The molecule has 2 saturated heterocycles. The lowest BCUT2D eigenvalue weighted by Crippen LogP contribution is -2.38. The molecule has 0 aromatic carbocycles. The first-order valence-corrected chi connectivity index (χ1v) is 12.4. The van der Waals surface area contributed by atoms with Crippen LogP contribution in [0.2, 0.25) is 0 Å². The molecule has 5 rings (SSSR count). The summed E-state index contributed by atoms with van der Waals surface area (Å²) in [6.45, 7) is 6.62. The van der Waals surface area contributed by atoms with Crippen LogP contribution in [0.1, 0.15) is 38.6 Å². The maximum absolute atomic E-state index is 13.7. The zero-order valence-electron chi connectivity index (χ0n) is 20.5. The van der Waals surface area contributed by atoms with Crippen LogP contribution in [-0.2, 0) is 6.42 Å². The van der Waals surface area contributed by atoms with Gasteiger partial charge in [-0.05, 0) is 31.7 Å². The molecular formula is C24H31FN8O3. The van der Waals surface area contributed by atoms with Crippen LogP contribution < -0.4 is 25.8 Å². The molecule has 0 bridgehead atoms. The summed E-state index contributed by atoms with van der Waals surface area (Å²) in [5.74, 6) is 1.73. The molecule has 3 unspecified atom stereocenters. The van der Waals surface area contributed by atoms with E-state index in [0.717, 1.165) is 44.2 Å². The van der Waals surface area contributed by atoms with Crippen molar-refractivity contribution in [2.75, 3.05) is 36.0 Å². The second-order valence-corrected chi connectivity index (χ2v) is 9.44. The van der Waals surface area contributed by atoms with Crippen molar-refractivity contribution in [1.82, 2.24) is 24.7 Å². The molecule has 3 aromatic rings. The Morgan fingerprint density at radius 3 is 2.64 bits per heavy atom. The van der Waals surface area contributed by atoms with Crippen molar-refractivity contribution in [3.8, 4) is 5.75 Å². The van der Waals surface area contributed by atoms with Gasteiger partial charge < -0.3 is 29.4 Å². The lowest BCUT2D eigenvalue weighted by molar-refractivity contribution is 0.131. The highest BCUT2D eigenvalue weighted by Gasteiger charge is 2.34. The topological polar surface area (TPSA) is 128 Å². The number of aryl methyl sites for hydroxylation is 1. The molecule has 36 heavy (non-hydrogen) atoms. The molecule has 11 nitrogen and oxygen atoms in total. The highest BCUT2D eigenvalue weighted by molar-refractivity contribution is 5.35. The fraction of sp³-hybridized carbons (Fsp3) is 0.542. The van der Waals surface area contributed by atoms with Gasteiger partial charge >= 0.3 is 6.01 Å². The van der Waals surface area contributed by atoms with Gasteiger partial charge in [-0.3, -0.25) is 4.79 Å². The highest BCUT2D eigenvalue weighted by Crippen LogP contribution is 2.28. The van der Waals surface area contributed by atoms with E-state index >= 15 is 0 Å². The molecular weight excluding hydrogens is 467 g/mol. The first kappa shape index (κ1) is 24.2. The molecule has 2 aliphatic heterocycles. The Kier molecular flexibility index (Phi) is 6.86. The van der Waals surface area contributed by atoms with E-state index in [-0.39, 0.29) is 23.7 Å². The van der Waals surface area contributed by atoms with Crippen molar-refractivity contribution in [2.24, 2.45) is 11.7 Å². The monoisotopic (exact) mass is 498 g/mol. The standard InChI is InChI=1S/C24H31FN8O3/c1-3-21-29-24(36-30-21)31-8-6-16(7-9-31)15(2)35-18-10-27-23(28-11-18)32-13-19(26)20(14-32)33-12-17(25)4-5-22(33)34/h4-5,10-12,15-16,19-20H,3,6-9,13-14,26H2,1-2H3. The summed E-state index contributed by atoms with van der Waals surface area (Å²) in [7, 11) is 0. The quantitative estimate of drug-likeness (QED) is 0.515. The molecule has 192 valence electrons. The van der Waals surface area contributed by atoms with Gasteiger partial charge in [0.2, 0.25) is 5.95 Å². The van der Waals surface area contributed by atoms with Crippen molar-refractivity contribution in [2.45, 2.75) is 51.3 Å². The summed E-state index contributed by atoms with van der Waals surface area (Å²) in [6.07, 6.45) is 7.18. The van der Waals surface area contributed by atoms with Crippen molar-refractivity contribution < 1.29 is 13.7 Å². The molecule has 2 N–H and O–H groups in total. The summed E-state index contributed by atoms with van der Waals surface area (Å²) < 4.78 is 26.5. The smallest absolute Gasteiger partial charge is 0.324 e. The van der Waals surface area contributed by atoms with E-state index in [1.807, 2.05) is 11.8 Å². The molecule has 0 radical (unpaired) electrons. The Balaban J connectivity index is 1.15. The first-order chi connectivity index (χ1) is 17.4. The van der Waals surface area contributed by atoms with Crippen LogP contribution in [0.4, 0.5) is 16.4 Å².